The van der Waals surface area contributed by atoms with E-state index in [2.05, 4.69) is 23.8 Å². The highest BCUT2D eigenvalue weighted by molar-refractivity contribution is 6.41. The average Bonchev–Trinajstić information content (AvgIpc) is 2.74. The summed E-state index contributed by atoms with van der Waals surface area (Å²) in [6.07, 6.45) is -0.966. The Morgan fingerprint density at radius 2 is 1.91 bits per heavy atom. The van der Waals surface area contributed by atoms with Gasteiger partial charge in [-0.1, -0.05) is 55.2 Å². The number of halogens is 2. The van der Waals surface area contributed by atoms with Crippen molar-refractivity contribution < 1.29 is 9.90 Å². The minimum atomic E-state index is -0.966. The van der Waals surface area contributed by atoms with Gasteiger partial charge in [-0.05, 0) is 30.5 Å². The Hall–Kier alpha value is -2.84. The summed E-state index contributed by atoms with van der Waals surface area (Å²) in [6, 6.07) is 9.08. The lowest BCUT2D eigenvalue weighted by atomic mass is 10.0. The Morgan fingerprint density at radius 3 is 2.56 bits per heavy atom. The normalized spacial score (nSPS) is 16.8. The highest BCUT2D eigenvalue weighted by Gasteiger charge is 2.30. The lowest BCUT2D eigenvalue weighted by Crippen LogP contribution is -2.54. The van der Waals surface area contributed by atoms with E-state index in [1.54, 1.807) is 6.07 Å². The fourth-order valence-corrected chi connectivity index (χ4v) is 4.43. The van der Waals surface area contributed by atoms with Crippen LogP contribution in [0.5, 0.6) is 0 Å². The van der Waals surface area contributed by atoms with Crippen LogP contribution in [0, 0.1) is 0 Å². The van der Waals surface area contributed by atoms with Gasteiger partial charge in [-0.3, -0.25) is 0 Å². The maximum absolute atomic E-state index is 13.4. The number of anilines is 1. The first-order valence-corrected chi connectivity index (χ1v) is 11.1. The highest BCUT2D eigenvalue weighted by atomic mass is 35.5. The number of rotatable bonds is 3. The van der Waals surface area contributed by atoms with E-state index in [0.29, 0.717) is 42.2 Å². The number of benzene rings is 1. The van der Waals surface area contributed by atoms with E-state index in [4.69, 9.17) is 23.2 Å². The Bertz CT molecular complexity index is 1260. The average molecular weight is 476 g/mol. The van der Waals surface area contributed by atoms with Crippen LogP contribution in [0.1, 0.15) is 32.3 Å². The number of piperazine rings is 1. The van der Waals surface area contributed by atoms with E-state index in [9.17, 15) is 14.7 Å². The SMILES string of the molecule is CC(C)c1ccccc1-n1c(=O)nc(N2CCN(C(=O)O)CC2C)c2cc(Cl)c(Cl)nc21. The van der Waals surface area contributed by atoms with E-state index in [-0.39, 0.29) is 22.1 Å². The van der Waals surface area contributed by atoms with Crippen LogP contribution >= 0.6 is 23.2 Å². The molecule has 3 aromatic rings. The zero-order chi connectivity index (χ0) is 23.2. The second-order valence-electron chi connectivity index (χ2n) is 8.17. The van der Waals surface area contributed by atoms with Crippen LogP contribution < -0.4 is 10.6 Å². The van der Waals surface area contributed by atoms with E-state index >= 15 is 0 Å². The van der Waals surface area contributed by atoms with Crippen molar-refractivity contribution in [1.82, 2.24) is 19.4 Å². The van der Waals surface area contributed by atoms with Gasteiger partial charge in [0, 0.05) is 25.7 Å². The number of hydrogen-bond acceptors (Lipinski definition) is 5. The summed E-state index contributed by atoms with van der Waals surface area (Å²) in [7, 11) is 0. The van der Waals surface area contributed by atoms with Crippen molar-refractivity contribution in [3.63, 3.8) is 0 Å². The number of nitrogens with zero attached hydrogens (tertiary/aromatic N) is 5. The molecule has 0 bridgehead atoms. The highest BCUT2D eigenvalue weighted by Crippen LogP contribution is 2.33. The van der Waals surface area contributed by atoms with Crippen LogP contribution in [0.15, 0.2) is 35.1 Å². The molecule has 10 heteroatoms. The third kappa shape index (κ3) is 3.89. The molecule has 2 aromatic heterocycles. The predicted octanol–water partition coefficient (Wildman–Crippen LogP) is 4.40. The minimum absolute atomic E-state index is 0.0928. The first kappa shape index (κ1) is 22.4. The van der Waals surface area contributed by atoms with Gasteiger partial charge in [0.05, 0.1) is 16.1 Å². The molecule has 1 amide bonds. The number of pyridine rings is 1. The molecule has 168 valence electrons. The molecule has 1 aliphatic heterocycles. The van der Waals surface area contributed by atoms with Crippen molar-refractivity contribution in [2.24, 2.45) is 0 Å². The Labute approximate surface area is 195 Å². The van der Waals surface area contributed by atoms with E-state index in [1.807, 2.05) is 36.1 Å². The van der Waals surface area contributed by atoms with Crippen molar-refractivity contribution >= 4 is 46.1 Å². The molecular weight excluding hydrogens is 453 g/mol. The molecule has 0 saturated carbocycles. The van der Waals surface area contributed by atoms with Gasteiger partial charge in [0.25, 0.3) is 0 Å². The molecule has 0 aliphatic carbocycles. The summed E-state index contributed by atoms with van der Waals surface area (Å²) in [4.78, 5) is 36.9. The molecule has 1 aliphatic rings. The van der Waals surface area contributed by atoms with Crippen LogP contribution in [-0.2, 0) is 0 Å². The summed E-state index contributed by atoms with van der Waals surface area (Å²) in [5.41, 5.74) is 1.53. The van der Waals surface area contributed by atoms with Gasteiger partial charge >= 0.3 is 11.8 Å². The van der Waals surface area contributed by atoms with Crippen LogP contribution in [0.3, 0.4) is 0 Å². The molecule has 1 N–H and O–H groups in total. The van der Waals surface area contributed by atoms with Crippen molar-refractivity contribution in [3.8, 4) is 5.69 Å². The molecule has 3 heterocycles. The first-order chi connectivity index (χ1) is 15.2. The Morgan fingerprint density at radius 1 is 1.19 bits per heavy atom. The number of para-hydroxylation sites is 1. The fourth-order valence-electron chi connectivity index (χ4n) is 4.15. The number of carbonyl (C=O) groups is 1. The monoisotopic (exact) mass is 475 g/mol. The van der Waals surface area contributed by atoms with E-state index in [0.717, 1.165) is 5.56 Å². The van der Waals surface area contributed by atoms with Crippen LogP contribution in [0.25, 0.3) is 16.7 Å². The minimum Gasteiger partial charge on any atom is -0.465 e. The standard InChI is InChI=1S/C22H23Cl2N5O3/c1-12(2)14-6-4-5-7-17(14)29-20-15(10-16(23)18(24)25-20)19(26-21(29)30)28-9-8-27(22(31)32)11-13(28)3/h4-7,10,12-13H,8-9,11H2,1-3H3,(H,31,32). The largest absolute Gasteiger partial charge is 0.465 e. The molecule has 4 rings (SSSR count). The van der Waals surface area contributed by atoms with Gasteiger partial charge in [0.1, 0.15) is 11.0 Å². The van der Waals surface area contributed by atoms with Crippen LogP contribution in [0.2, 0.25) is 10.2 Å². The third-order valence-electron chi connectivity index (χ3n) is 5.73. The van der Waals surface area contributed by atoms with Gasteiger partial charge in [0.2, 0.25) is 0 Å². The van der Waals surface area contributed by atoms with Gasteiger partial charge in [-0.25, -0.2) is 19.1 Å². The number of carboxylic acid groups (broad SMARTS) is 1. The second kappa shape index (κ2) is 8.60. The summed E-state index contributed by atoms with van der Waals surface area (Å²) in [5.74, 6) is 0.589. The molecular formula is C22H23Cl2N5O3. The lowest BCUT2D eigenvalue weighted by molar-refractivity contribution is 0.136. The lowest BCUT2D eigenvalue weighted by Gasteiger charge is -2.39. The first-order valence-electron chi connectivity index (χ1n) is 10.3. The molecule has 1 atom stereocenters. The number of aromatic nitrogens is 3. The van der Waals surface area contributed by atoms with E-state index in [1.165, 1.54) is 9.47 Å². The summed E-state index contributed by atoms with van der Waals surface area (Å²) in [5, 5.41) is 10.2. The number of amides is 1. The van der Waals surface area contributed by atoms with Crippen LogP contribution in [0.4, 0.5) is 10.6 Å². The molecule has 1 saturated heterocycles. The maximum Gasteiger partial charge on any atom is 0.407 e. The smallest absolute Gasteiger partial charge is 0.407 e. The van der Waals surface area contributed by atoms with Gasteiger partial charge in [-0.15, -0.1) is 0 Å². The van der Waals surface area contributed by atoms with Gasteiger partial charge < -0.3 is 14.9 Å². The van der Waals surface area contributed by atoms with Crippen molar-refractivity contribution in [2.45, 2.75) is 32.7 Å². The number of fused-ring (bicyclic) bond motifs is 1. The summed E-state index contributed by atoms with van der Waals surface area (Å²) < 4.78 is 1.47. The number of hydrogen-bond donors (Lipinski definition) is 1. The second-order valence-corrected chi connectivity index (χ2v) is 8.94. The zero-order valence-electron chi connectivity index (χ0n) is 17.9. The van der Waals surface area contributed by atoms with Crippen molar-refractivity contribution in [2.75, 3.05) is 24.5 Å². The van der Waals surface area contributed by atoms with Crippen molar-refractivity contribution in [1.29, 1.82) is 0 Å². The fraction of sp³-hybridized carbons (Fsp3) is 0.364. The molecule has 1 fully saturated rings. The molecule has 0 radical (unpaired) electrons. The molecule has 1 aromatic carbocycles. The van der Waals surface area contributed by atoms with Crippen molar-refractivity contribution in [3.05, 3.63) is 56.6 Å². The van der Waals surface area contributed by atoms with Gasteiger partial charge in [0.15, 0.2) is 5.65 Å². The van der Waals surface area contributed by atoms with Gasteiger partial charge in [-0.2, -0.15) is 4.98 Å². The molecule has 1 unspecified atom stereocenters. The predicted molar refractivity (Wildman–Crippen MR) is 126 cm³/mol. The zero-order valence-corrected chi connectivity index (χ0v) is 19.4. The third-order valence-corrected chi connectivity index (χ3v) is 6.40. The maximum atomic E-state index is 13.4. The Kier molecular flexibility index (Phi) is 6.01. The topological polar surface area (TPSA) is 91.6 Å². The Balaban J connectivity index is 1.96. The van der Waals surface area contributed by atoms with Crippen LogP contribution in [-0.4, -0.2) is 56.3 Å². The van der Waals surface area contributed by atoms with E-state index < -0.39 is 11.8 Å². The molecule has 8 nitrogen and oxygen atoms in total. The summed E-state index contributed by atoms with van der Waals surface area (Å²) in [6.45, 7) is 6.99. The quantitative estimate of drug-likeness (QED) is 0.564. The molecule has 32 heavy (non-hydrogen) atoms. The summed E-state index contributed by atoms with van der Waals surface area (Å²) >= 11 is 12.6. The molecule has 0 spiro atoms.